The van der Waals surface area contributed by atoms with Crippen LogP contribution in [0.25, 0.3) is 0 Å². The molecule has 0 spiro atoms. The summed E-state index contributed by atoms with van der Waals surface area (Å²) >= 11 is 0. The second-order valence-corrected chi connectivity index (χ2v) is 5.78. The predicted molar refractivity (Wildman–Crippen MR) is 88.0 cm³/mol. The second-order valence-electron chi connectivity index (χ2n) is 5.78. The van der Waals surface area contributed by atoms with Gasteiger partial charge in [0.25, 0.3) is 5.91 Å². The Kier molecular flexibility index (Phi) is 5.51. The van der Waals surface area contributed by atoms with Gasteiger partial charge in [0.05, 0.1) is 13.1 Å². The van der Waals surface area contributed by atoms with Gasteiger partial charge in [-0.05, 0) is 37.6 Å². The van der Waals surface area contributed by atoms with Crippen LogP contribution in [0.15, 0.2) is 42.7 Å². The Morgan fingerprint density at radius 2 is 1.96 bits per heavy atom. The maximum Gasteiger partial charge on any atom is 0.254 e. The summed E-state index contributed by atoms with van der Waals surface area (Å²) in [5.41, 5.74) is 1.62. The average Bonchev–Trinajstić information content (AvgIpc) is 2.99. The van der Waals surface area contributed by atoms with E-state index in [4.69, 9.17) is 0 Å². The summed E-state index contributed by atoms with van der Waals surface area (Å²) in [4.78, 5) is 25.5. The zero-order chi connectivity index (χ0) is 16.8. The summed E-state index contributed by atoms with van der Waals surface area (Å²) < 4.78 is 1.82. The number of benzene rings is 1. The summed E-state index contributed by atoms with van der Waals surface area (Å²) in [6.45, 7) is 4.48. The van der Waals surface area contributed by atoms with Crippen LogP contribution >= 0.6 is 0 Å². The molecule has 0 bridgehead atoms. The van der Waals surface area contributed by atoms with Gasteiger partial charge in [-0.2, -0.15) is 5.10 Å². The van der Waals surface area contributed by atoms with Gasteiger partial charge in [-0.1, -0.05) is 12.1 Å². The molecule has 6 nitrogen and oxygen atoms in total. The van der Waals surface area contributed by atoms with E-state index in [0.29, 0.717) is 12.1 Å². The number of rotatable bonds is 6. The Morgan fingerprint density at radius 1 is 1.26 bits per heavy atom. The molecular weight excluding hydrogens is 292 g/mol. The Hall–Kier alpha value is -2.63. The Morgan fingerprint density at radius 3 is 2.52 bits per heavy atom. The van der Waals surface area contributed by atoms with E-state index in [-0.39, 0.29) is 24.4 Å². The fourth-order valence-electron chi connectivity index (χ4n) is 2.21. The number of hydrogen-bond donors (Lipinski definition) is 1. The number of likely N-dealkylation sites (N-methyl/N-ethyl adjacent to an activating group) is 1. The first-order chi connectivity index (χ1) is 11.0. The van der Waals surface area contributed by atoms with Gasteiger partial charge >= 0.3 is 0 Å². The number of amides is 2. The molecule has 2 amide bonds. The number of hydrogen-bond acceptors (Lipinski definition) is 3. The highest BCUT2D eigenvalue weighted by Gasteiger charge is 2.15. The van der Waals surface area contributed by atoms with E-state index in [0.717, 1.165) is 5.56 Å². The van der Waals surface area contributed by atoms with Crippen LogP contribution in [-0.2, 0) is 11.3 Å². The van der Waals surface area contributed by atoms with Gasteiger partial charge in [-0.25, -0.2) is 0 Å². The smallest absolute Gasteiger partial charge is 0.254 e. The lowest BCUT2D eigenvalue weighted by atomic mass is 10.1. The maximum atomic E-state index is 12.3. The van der Waals surface area contributed by atoms with Crippen molar-refractivity contribution >= 4 is 11.8 Å². The lowest BCUT2D eigenvalue weighted by Crippen LogP contribution is -2.40. The van der Waals surface area contributed by atoms with Crippen molar-refractivity contribution in [2.45, 2.75) is 26.4 Å². The molecule has 1 N–H and O–H groups in total. The van der Waals surface area contributed by atoms with Crippen molar-refractivity contribution in [3.8, 4) is 0 Å². The molecule has 0 aliphatic rings. The fourth-order valence-corrected chi connectivity index (χ4v) is 2.21. The van der Waals surface area contributed by atoms with Crippen LogP contribution in [-0.4, -0.2) is 46.1 Å². The van der Waals surface area contributed by atoms with Gasteiger partial charge in [-0.15, -0.1) is 0 Å². The largest absolute Gasteiger partial charge is 0.352 e. The minimum Gasteiger partial charge on any atom is -0.352 e. The standard InChI is InChI=1S/C17H22N4O2/c1-13(2)19-16(22)12-20(3)17(23)15-7-5-14(6-8-15)11-21-10-4-9-18-21/h4-10,13H,11-12H2,1-3H3,(H,19,22). The third-order valence-electron chi connectivity index (χ3n) is 3.28. The highest BCUT2D eigenvalue weighted by atomic mass is 16.2. The fraction of sp³-hybridized carbons (Fsp3) is 0.353. The van der Waals surface area contributed by atoms with Gasteiger partial charge in [0, 0.05) is 31.0 Å². The first-order valence-electron chi connectivity index (χ1n) is 7.57. The molecule has 1 heterocycles. The quantitative estimate of drug-likeness (QED) is 0.879. The summed E-state index contributed by atoms with van der Waals surface area (Å²) in [6, 6.07) is 9.28. The molecule has 6 heteroatoms. The van der Waals surface area contributed by atoms with Crippen molar-refractivity contribution in [2.24, 2.45) is 0 Å². The molecular formula is C17H22N4O2. The lowest BCUT2D eigenvalue weighted by molar-refractivity contribution is -0.122. The number of nitrogens with one attached hydrogen (secondary N) is 1. The summed E-state index contributed by atoms with van der Waals surface area (Å²) in [7, 11) is 1.62. The molecule has 0 fully saturated rings. The SMILES string of the molecule is CC(C)NC(=O)CN(C)C(=O)c1ccc(Cn2cccn2)cc1. The molecule has 2 aromatic rings. The van der Waals surface area contributed by atoms with Crippen LogP contribution in [0.1, 0.15) is 29.8 Å². The van der Waals surface area contributed by atoms with Gasteiger partial charge in [0.2, 0.25) is 5.91 Å². The van der Waals surface area contributed by atoms with Crippen molar-refractivity contribution in [3.05, 3.63) is 53.9 Å². The van der Waals surface area contributed by atoms with Gasteiger partial charge in [0.1, 0.15) is 0 Å². The maximum absolute atomic E-state index is 12.3. The van der Waals surface area contributed by atoms with Gasteiger partial charge in [0.15, 0.2) is 0 Å². The Balaban J connectivity index is 1.95. The molecule has 0 radical (unpaired) electrons. The molecule has 0 atom stereocenters. The zero-order valence-corrected chi connectivity index (χ0v) is 13.7. The highest BCUT2D eigenvalue weighted by molar-refractivity contribution is 5.96. The summed E-state index contributed by atoms with van der Waals surface area (Å²) in [6.07, 6.45) is 3.62. The minimum absolute atomic E-state index is 0.0477. The van der Waals surface area contributed by atoms with Crippen LogP contribution in [0.5, 0.6) is 0 Å². The predicted octanol–water partition coefficient (Wildman–Crippen LogP) is 1.53. The van der Waals surface area contributed by atoms with E-state index >= 15 is 0 Å². The molecule has 0 unspecified atom stereocenters. The molecule has 0 saturated carbocycles. The van der Waals surface area contributed by atoms with Crippen LogP contribution in [0, 0.1) is 0 Å². The third kappa shape index (κ3) is 4.95. The average molecular weight is 314 g/mol. The zero-order valence-electron chi connectivity index (χ0n) is 13.7. The van der Waals surface area contributed by atoms with E-state index in [2.05, 4.69) is 10.4 Å². The van der Waals surface area contributed by atoms with E-state index in [1.807, 2.05) is 42.9 Å². The van der Waals surface area contributed by atoms with Crippen LogP contribution < -0.4 is 5.32 Å². The second kappa shape index (κ2) is 7.58. The van der Waals surface area contributed by atoms with Crippen molar-refractivity contribution in [1.82, 2.24) is 20.0 Å². The van der Waals surface area contributed by atoms with Crippen molar-refractivity contribution in [1.29, 1.82) is 0 Å². The van der Waals surface area contributed by atoms with Crippen molar-refractivity contribution in [2.75, 3.05) is 13.6 Å². The summed E-state index contributed by atoms with van der Waals surface area (Å²) in [5.74, 6) is -0.333. The molecule has 0 saturated heterocycles. The van der Waals surface area contributed by atoms with Crippen LogP contribution in [0.4, 0.5) is 0 Å². The summed E-state index contributed by atoms with van der Waals surface area (Å²) in [5, 5.41) is 6.92. The first kappa shape index (κ1) is 16.7. The van der Waals surface area contributed by atoms with E-state index < -0.39 is 0 Å². The van der Waals surface area contributed by atoms with E-state index in [9.17, 15) is 9.59 Å². The highest BCUT2D eigenvalue weighted by Crippen LogP contribution is 2.08. The molecule has 0 aliphatic heterocycles. The molecule has 1 aromatic heterocycles. The Bertz CT molecular complexity index is 648. The van der Waals surface area contributed by atoms with Gasteiger partial charge in [-0.3, -0.25) is 14.3 Å². The normalized spacial score (nSPS) is 10.6. The number of carbonyl (C=O) groups is 2. The Labute approximate surface area is 136 Å². The minimum atomic E-state index is -0.172. The molecule has 23 heavy (non-hydrogen) atoms. The molecule has 122 valence electrons. The third-order valence-corrected chi connectivity index (χ3v) is 3.28. The van der Waals surface area contributed by atoms with Crippen molar-refractivity contribution < 1.29 is 9.59 Å². The molecule has 1 aromatic carbocycles. The molecule has 0 aliphatic carbocycles. The van der Waals surface area contributed by atoms with Crippen LogP contribution in [0.2, 0.25) is 0 Å². The lowest BCUT2D eigenvalue weighted by Gasteiger charge is -2.18. The van der Waals surface area contributed by atoms with E-state index in [1.54, 1.807) is 25.4 Å². The first-order valence-corrected chi connectivity index (χ1v) is 7.57. The monoisotopic (exact) mass is 314 g/mol. The number of aromatic nitrogens is 2. The molecule has 2 rings (SSSR count). The number of nitrogens with zero attached hydrogens (tertiary/aromatic N) is 3. The topological polar surface area (TPSA) is 67.2 Å². The van der Waals surface area contributed by atoms with E-state index in [1.165, 1.54) is 4.90 Å². The number of carbonyl (C=O) groups excluding carboxylic acids is 2. The van der Waals surface area contributed by atoms with Gasteiger partial charge < -0.3 is 10.2 Å². The van der Waals surface area contributed by atoms with Crippen molar-refractivity contribution in [3.63, 3.8) is 0 Å². The van der Waals surface area contributed by atoms with Crippen LogP contribution in [0.3, 0.4) is 0 Å².